The normalized spacial score (nSPS) is 13.1. The van der Waals surface area contributed by atoms with Crippen LogP contribution in [0.1, 0.15) is 21.7 Å². The summed E-state index contributed by atoms with van der Waals surface area (Å²) in [7, 11) is 1.96. The van der Waals surface area contributed by atoms with Gasteiger partial charge in [-0.05, 0) is 30.7 Å². The van der Waals surface area contributed by atoms with Crippen molar-refractivity contribution in [3.05, 3.63) is 53.5 Å². The van der Waals surface area contributed by atoms with Crippen LogP contribution in [0.2, 0.25) is 0 Å². The van der Waals surface area contributed by atoms with E-state index in [4.69, 9.17) is 0 Å². The Morgan fingerprint density at radius 2 is 1.94 bits per heavy atom. The summed E-state index contributed by atoms with van der Waals surface area (Å²) in [6.45, 7) is 2.09. The van der Waals surface area contributed by atoms with Gasteiger partial charge in [-0.25, -0.2) is 0 Å². The Hall–Kier alpha value is -2.29. The number of hydrogen-bond acceptors (Lipinski definition) is 1. The van der Waals surface area contributed by atoms with Gasteiger partial charge < -0.3 is 9.13 Å². The highest BCUT2D eigenvalue weighted by Gasteiger charge is 2.32. The van der Waals surface area contributed by atoms with Gasteiger partial charge in [-0.2, -0.15) is 0 Å². The third kappa shape index (κ3) is 0.896. The molecule has 0 radical (unpaired) electrons. The second-order valence-corrected chi connectivity index (χ2v) is 4.82. The summed E-state index contributed by atoms with van der Waals surface area (Å²) >= 11 is 0. The summed E-state index contributed by atoms with van der Waals surface area (Å²) in [5.41, 5.74) is 4.93. The van der Waals surface area contributed by atoms with Crippen molar-refractivity contribution >= 4 is 16.7 Å². The summed E-state index contributed by atoms with van der Waals surface area (Å²) in [5.74, 6) is 0.119. The number of aryl methyl sites for hydroxylation is 2. The van der Waals surface area contributed by atoms with Crippen LogP contribution >= 0.6 is 0 Å². The number of carbonyl (C=O) groups excluding carboxylic acids is 1. The molecule has 0 atom stereocenters. The lowest BCUT2D eigenvalue weighted by atomic mass is 10.1. The molecule has 0 amide bonds. The molecule has 2 aromatic heterocycles. The van der Waals surface area contributed by atoms with Crippen LogP contribution in [0.15, 0.2) is 36.5 Å². The fourth-order valence-corrected chi connectivity index (χ4v) is 3.01. The van der Waals surface area contributed by atoms with E-state index in [1.165, 1.54) is 10.9 Å². The highest BCUT2D eigenvalue weighted by atomic mass is 16.1. The molecule has 1 aliphatic rings. The lowest BCUT2D eigenvalue weighted by molar-refractivity contribution is 0.103. The van der Waals surface area contributed by atoms with Gasteiger partial charge in [-0.15, -0.1) is 0 Å². The Kier molecular flexibility index (Phi) is 1.58. The van der Waals surface area contributed by atoms with Crippen LogP contribution in [0.5, 0.6) is 0 Å². The maximum Gasteiger partial charge on any atom is 0.228 e. The second-order valence-electron chi connectivity index (χ2n) is 4.82. The molecular weight excluding hydrogens is 224 g/mol. The summed E-state index contributed by atoms with van der Waals surface area (Å²) in [6.07, 6.45) is 1.96. The van der Waals surface area contributed by atoms with Crippen LogP contribution in [0.25, 0.3) is 16.6 Å². The number of ketones is 1. The number of benzene rings is 1. The maximum absolute atomic E-state index is 12.4. The summed E-state index contributed by atoms with van der Waals surface area (Å²) in [6, 6.07) is 10.00. The predicted molar refractivity (Wildman–Crippen MR) is 70.4 cm³/mol. The van der Waals surface area contributed by atoms with Gasteiger partial charge >= 0.3 is 0 Å². The first-order chi connectivity index (χ1) is 8.70. The average Bonchev–Trinajstić information content (AvgIpc) is 2.98. The summed E-state index contributed by atoms with van der Waals surface area (Å²) in [5, 5.41) is 1.18. The van der Waals surface area contributed by atoms with Gasteiger partial charge in [0, 0.05) is 18.6 Å². The average molecular weight is 236 g/mol. The molecule has 0 unspecified atom stereocenters. The van der Waals surface area contributed by atoms with Crippen molar-refractivity contribution < 1.29 is 4.79 Å². The molecule has 3 aromatic rings. The second kappa shape index (κ2) is 2.93. The molecule has 3 heteroatoms. The number of hydrogen-bond donors (Lipinski definition) is 0. The Balaban J connectivity index is 2.30. The molecule has 4 rings (SSSR count). The minimum Gasteiger partial charge on any atom is -0.339 e. The van der Waals surface area contributed by atoms with Gasteiger partial charge in [0.25, 0.3) is 0 Å². The van der Waals surface area contributed by atoms with Gasteiger partial charge in [0.2, 0.25) is 5.78 Å². The van der Waals surface area contributed by atoms with Crippen LogP contribution < -0.4 is 0 Å². The summed E-state index contributed by atoms with van der Waals surface area (Å²) in [4.78, 5) is 12.4. The molecule has 88 valence electrons. The molecule has 0 saturated carbocycles. The van der Waals surface area contributed by atoms with E-state index >= 15 is 0 Å². The Morgan fingerprint density at radius 3 is 2.78 bits per heavy atom. The number of fused-ring (bicyclic) bond motifs is 5. The van der Waals surface area contributed by atoms with Gasteiger partial charge in [-0.3, -0.25) is 4.79 Å². The number of carbonyl (C=O) groups is 1. The van der Waals surface area contributed by atoms with E-state index in [0.29, 0.717) is 0 Å². The van der Waals surface area contributed by atoms with Gasteiger partial charge in [-0.1, -0.05) is 12.1 Å². The molecule has 0 N–H and O–H groups in total. The van der Waals surface area contributed by atoms with Crippen LogP contribution in [0.4, 0.5) is 0 Å². The van der Waals surface area contributed by atoms with Crippen LogP contribution in [0, 0.1) is 6.92 Å². The third-order valence-corrected chi connectivity index (χ3v) is 3.85. The fourth-order valence-electron chi connectivity index (χ4n) is 3.01. The minimum absolute atomic E-state index is 0.119. The van der Waals surface area contributed by atoms with Crippen LogP contribution in [-0.2, 0) is 7.05 Å². The van der Waals surface area contributed by atoms with Gasteiger partial charge in [0.05, 0.1) is 16.9 Å². The molecule has 3 nitrogen and oxygen atoms in total. The SMILES string of the molecule is Cc1cccc2c1c1c(n2C)C(=O)c2cccn2-1. The molecule has 0 saturated heterocycles. The highest BCUT2D eigenvalue weighted by molar-refractivity contribution is 6.18. The van der Waals surface area contributed by atoms with Crippen molar-refractivity contribution in [3.8, 4) is 5.69 Å². The van der Waals surface area contributed by atoms with E-state index in [1.807, 2.05) is 40.6 Å². The van der Waals surface area contributed by atoms with Crippen molar-refractivity contribution in [2.45, 2.75) is 6.92 Å². The van der Waals surface area contributed by atoms with Gasteiger partial charge in [0.1, 0.15) is 5.69 Å². The zero-order valence-corrected chi connectivity index (χ0v) is 10.3. The zero-order valence-electron chi connectivity index (χ0n) is 10.3. The maximum atomic E-state index is 12.4. The Bertz CT molecular complexity index is 820. The first-order valence-electron chi connectivity index (χ1n) is 6.00. The molecular formula is C15H12N2O. The molecule has 0 bridgehead atoms. The standard InChI is InChI=1S/C15H12N2O/c1-9-5-3-6-10-12(9)13-14(16(10)2)15(18)11-7-4-8-17(11)13/h3-8H,1-2H3. The topological polar surface area (TPSA) is 26.9 Å². The van der Waals surface area contributed by atoms with Crippen molar-refractivity contribution in [2.75, 3.05) is 0 Å². The number of aromatic nitrogens is 2. The van der Waals surface area contributed by atoms with Crippen LogP contribution in [0.3, 0.4) is 0 Å². The van der Waals surface area contributed by atoms with Gasteiger partial charge in [0.15, 0.2) is 0 Å². The minimum atomic E-state index is 0.119. The smallest absolute Gasteiger partial charge is 0.228 e. The molecule has 0 fully saturated rings. The van der Waals surface area contributed by atoms with Crippen molar-refractivity contribution in [2.24, 2.45) is 7.05 Å². The van der Waals surface area contributed by atoms with Crippen LogP contribution in [-0.4, -0.2) is 14.9 Å². The van der Waals surface area contributed by atoms with E-state index in [0.717, 1.165) is 22.6 Å². The molecule has 3 heterocycles. The van der Waals surface area contributed by atoms with E-state index in [2.05, 4.69) is 19.1 Å². The Labute approximate surface area is 104 Å². The van der Waals surface area contributed by atoms with Crippen molar-refractivity contribution in [1.29, 1.82) is 0 Å². The fraction of sp³-hybridized carbons (Fsp3) is 0.133. The van der Waals surface area contributed by atoms with E-state index in [1.54, 1.807) is 0 Å². The quantitative estimate of drug-likeness (QED) is 0.461. The highest BCUT2D eigenvalue weighted by Crippen LogP contribution is 2.37. The number of rotatable bonds is 0. The summed E-state index contributed by atoms with van der Waals surface area (Å²) < 4.78 is 4.01. The molecule has 1 aliphatic heterocycles. The molecule has 0 spiro atoms. The zero-order chi connectivity index (χ0) is 12.4. The molecule has 18 heavy (non-hydrogen) atoms. The first-order valence-corrected chi connectivity index (χ1v) is 6.00. The predicted octanol–water partition coefficient (Wildman–Crippen LogP) is 2.82. The van der Waals surface area contributed by atoms with E-state index < -0.39 is 0 Å². The van der Waals surface area contributed by atoms with Crippen molar-refractivity contribution in [1.82, 2.24) is 9.13 Å². The molecule has 1 aromatic carbocycles. The lowest BCUT2D eigenvalue weighted by Gasteiger charge is -2.03. The monoisotopic (exact) mass is 236 g/mol. The first kappa shape index (κ1) is 9.71. The lowest BCUT2D eigenvalue weighted by Crippen LogP contribution is -2.03. The largest absolute Gasteiger partial charge is 0.339 e. The molecule has 0 aliphatic carbocycles. The van der Waals surface area contributed by atoms with E-state index in [9.17, 15) is 4.79 Å². The van der Waals surface area contributed by atoms with E-state index in [-0.39, 0.29) is 5.78 Å². The number of nitrogens with zero attached hydrogens (tertiary/aromatic N) is 2. The Morgan fingerprint density at radius 1 is 1.11 bits per heavy atom. The third-order valence-electron chi connectivity index (χ3n) is 3.85. The van der Waals surface area contributed by atoms with Crippen molar-refractivity contribution in [3.63, 3.8) is 0 Å².